The molecule has 0 spiro atoms. The van der Waals surface area contributed by atoms with E-state index in [9.17, 15) is 0 Å². The van der Waals surface area contributed by atoms with Crippen LogP contribution in [0, 0.1) is 0 Å². The standard InChI is InChI=1S/C61H65BN2O/c1-56(2,3)34-20-24-37(25-21-34)64-45-26-22-35(57(4,5)6)30-39(45)49-48-38-18-16-17-19-42(38)61(14,15)51(48)50-40-32-43-44(60(12,13)29-28-59(43,10)11)33-46(40)63-53-41-31-36(58(7,8)9)23-27-47(41)65-55(53)62(64)52(49)54(50)63/h16-27,30-33H,28-29H2,1-15H3. The van der Waals surface area contributed by atoms with Crippen molar-refractivity contribution in [1.82, 2.24) is 4.57 Å². The second-order valence-corrected chi connectivity index (χ2v) is 25.3. The highest BCUT2D eigenvalue weighted by atomic mass is 16.3. The van der Waals surface area contributed by atoms with Crippen LogP contribution in [0.5, 0.6) is 0 Å². The molecule has 8 aromatic rings. The number of aromatic nitrogens is 1. The molecule has 0 saturated heterocycles. The highest BCUT2D eigenvalue weighted by molar-refractivity contribution is 6.93. The van der Waals surface area contributed by atoms with Gasteiger partial charge in [-0.1, -0.05) is 152 Å². The van der Waals surface area contributed by atoms with E-state index in [0.29, 0.717) is 0 Å². The van der Waals surface area contributed by atoms with Gasteiger partial charge in [-0.3, -0.25) is 0 Å². The summed E-state index contributed by atoms with van der Waals surface area (Å²) in [7, 11) is 0. The molecule has 0 fully saturated rings. The van der Waals surface area contributed by atoms with Crippen LogP contribution < -0.4 is 15.9 Å². The van der Waals surface area contributed by atoms with Gasteiger partial charge in [-0.25, -0.2) is 0 Å². The van der Waals surface area contributed by atoms with Crippen LogP contribution in [0.2, 0.25) is 0 Å². The van der Waals surface area contributed by atoms with Gasteiger partial charge in [0.25, 0.3) is 0 Å². The Kier molecular flexibility index (Phi) is 7.88. The molecule has 0 unspecified atom stereocenters. The van der Waals surface area contributed by atoms with E-state index in [1.54, 1.807) is 0 Å². The zero-order valence-corrected chi connectivity index (χ0v) is 41.5. The van der Waals surface area contributed by atoms with Crippen LogP contribution in [-0.2, 0) is 32.5 Å². The maximum atomic E-state index is 7.53. The molecule has 65 heavy (non-hydrogen) atoms. The van der Waals surface area contributed by atoms with Gasteiger partial charge < -0.3 is 13.8 Å². The minimum Gasteiger partial charge on any atom is -0.466 e. The lowest BCUT2D eigenvalue weighted by atomic mass is 9.45. The van der Waals surface area contributed by atoms with Crippen molar-refractivity contribution in [1.29, 1.82) is 0 Å². The van der Waals surface area contributed by atoms with Gasteiger partial charge in [0.2, 0.25) is 0 Å². The Hall–Kier alpha value is -5.48. The Labute approximate surface area is 387 Å². The average Bonchev–Trinajstić information content (AvgIpc) is 3.85. The van der Waals surface area contributed by atoms with Crippen molar-refractivity contribution in [2.24, 2.45) is 0 Å². The lowest BCUT2D eigenvalue weighted by molar-refractivity contribution is 0.332. The number of benzene rings is 6. The molecule has 328 valence electrons. The molecule has 0 bridgehead atoms. The van der Waals surface area contributed by atoms with Crippen LogP contribution in [-0.4, -0.2) is 11.4 Å². The van der Waals surface area contributed by atoms with Crippen molar-refractivity contribution >= 4 is 62.1 Å². The Balaban J connectivity index is 1.35. The summed E-state index contributed by atoms with van der Waals surface area (Å²) in [4.78, 5) is 2.65. The molecule has 4 aliphatic rings. The van der Waals surface area contributed by atoms with E-state index in [1.165, 1.54) is 124 Å². The highest BCUT2D eigenvalue weighted by Crippen LogP contribution is 2.60. The molecular weight excluding hydrogens is 787 g/mol. The lowest BCUT2D eigenvalue weighted by Crippen LogP contribution is -2.60. The van der Waals surface area contributed by atoms with Gasteiger partial charge >= 0.3 is 6.85 Å². The van der Waals surface area contributed by atoms with Gasteiger partial charge in [-0.05, 0) is 150 Å². The summed E-state index contributed by atoms with van der Waals surface area (Å²) in [6.45, 7) is 35.7. The molecule has 4 heterocycles. The summed E-state index contributed by atoms with van der Waals surface area (Å²) in [5.41, 5.74) is 24.7. The van der Waals surface area contributed by atoms with Gasteiger partial charge in [0.15, 0.2) is 0 Å². The Morgan fingerprint density at radius 1 is 0.569 bits per heavy atom. The van der Waals surface area contributed by atoms with Crippen LogP contribution in [0.25, 0.3) is 60.7 Å². The first-order chi connectivity index (χ1) is 30.4. The number of fused-ring (bicyclic) bond motifs is 16. The summed E-state index contributed by atoms with van der Waals surface area (Å²) in [6, 6.07) is 38.5. The largest absolute Gasteiger partial charge is 0.466 e. The minimum atomic E-state index is -0.250. The van der Waals surface area contributed by atoms with E-state index in [0.717, 1.165) is 11.2 Å². The molecule has 0 atom stereocenters. The van der Waals surface area contributed by atoms with Gasteiger partial charge in [-0.2, -0.15) is 0 Å². The molecule has 3 nitrogen and oxygen atoms in total. The fourth-order valence-electron chi connectivity index (χ4n) is 12.7. The maximum Gasteiger partial charge on any atom is 0.375 e. The Morgan fingerprint density at radius 3 is 1.83 bits per heavy atom. The summed E-state index contributed by atoms with van der Waals surface area (Å²) in [5, 5.41) is 3.97. The molecule has 4 heteroatoms. The molecule has 0 saturated carbocycles. The first-order valence-electron chi connectivity index (χ1n) is 24.3. The van der Waals surface area contributed by atoms with Gasteiger partial charge in [0, 0.05) is 38.5 Å². The Bertz CT molecular complexity index is 3400. The predicted molar refractivity (Wildman–Crippen MR) is 279 cm³/mol. The molecule has 2 aliphatic heterocycles. The molecule has 0 radical (unpaired) electrons. The monoisotopic (exact) mass is 853 g/mol. The average molecular weight is 853 g/mol. The van der Waals surface area contributed by atoms with E-state index in [1.807, 2.05) is 0 Å². The van der Waals surface area contributed by atoms with Crippen LogP contribution in [0.4, 0.5) is 11.4 Å². The third-order valence-corrected chi connectivity index (χ3v) is 16.7. The van der Waals surface area contributed by atoms with Crippen molar-refractivity contribution in [2.45, 2.75) is 149 Å². The second-order valence-electron chi connectivity index (χ2n) is 25.3. The SMILES string of the molecule is CC(C)(C)c1ccc(N2B3c4oc5ccc(C(C)(C)C)cc5c4-n4c5cc6c(cc5c5c7c(c(c3c54)-c3cc(C(C)(C)C)ccc32)-c2ccccc2C7(C)C)C(C)(C)CCC6(C)C)cc1. The van der Waals surface area contributed by atoms with Crippen molar-refractivity contribution < 1.29 is 4.42 Å². The van der Waals surface area contributed by atoms with Crippen LogP contribution >= 0.6 is 0 Å². The molecular formula is C61H65BN2O. The number of nitrogens with zero attached hydrogens (tertiary/aromatic N) is 2. The third-order valence-electron chi connectivity index (χ3n) is 16.7. The molecule has 2 aromatic heterocycles. The fraction of sp³-hybridized carbons (Fsp3) is 0.377. The van der Waals surface area contributed by atoms with Gasteiger partial charge in [-0.15, -0.1) is 0 Å². The van der Waals surface area contributed by atoms with Crippen molar-refractivity contribution in [2.75, 3.05) is 4.81 Å². The first kappa shape index (κ1) is 41.0. The number of hydrogen-bond acceptors (Lipinski definition) is 2. The molecule has 6 aromatic carbocycles. The van der Waals surface area contributed by atoms with Gasteiger partial charge in [0.1, 0.15) is 11.2 Å². The summed E-state index contributed by atoms with van der Waals surface area (Å²) >= 11 is 0. The zero-order valence-electron chi connectivity index (χ0n) is 41.5. The second kappa shape index (κ2) is 12.5. The number of hydrogen-bond donors (Lipinski definition) is 0. The number of rotatable bonds is 1. The van der Waals surface area contributed by atoms with Gasteiger partial charge in [0.05, 0.1) is 16.7 Å². The van der Waals surface area contributed by atoms with Crippen LogP contribution in [0.3, 0.4) is 0 Å². The molecule has 12 rings (SSSR count). The zero-order chi connectivity index (χ0) is 45.9. The minimum absolute atomic E-state index is 0.0319. The number of anilines is 2. The van der Waals surface area contributed by atoms with E-state index in [-0.39, 0.29) is 39.3 Å². The smallest absolute Gasteiger partial charge is 0.375 e. The molecule has 0 N–H and O–H groups in total. The Morgan fingerprint density at radius 2 is 1.17 bits per heavy atom. The van der Waals surface area contributed by atoms with Crippen molar-refractivity contribution in [3.63, 3.8) is 0 Å². The molecule has 0 amide bonds. The normalized spacial score (nSPS) is 17.6. The number of furan rings is 1. The lowest BCUT2D eigenvalue weighted by Gasteiger charge is -2.42. The predicted octanol–water partition coefficient (Wildman–Crippen LogP) is 15.3. The van der Waals surface area contributed by atoms with E-state index >= 15 is 0 Å². The van der Waals surface area contributed by atoms with Crippen molar-refractivity contribution in [3.8, 4) is 27.9 Å². The van der Waals surface area contributed by atoms with Crippen LogP contribution in [0.15, 0.2) is 101 Å². The third kappa shape index (κ3) is 5.37. The first-order valence-corrected chi connectivity index (χ1v) is 24.3. The van der Waals surface area contributed by atoms with Crippen LogP contribution in [0.1, 0.15) is 156 Å². The van der Waals surface area contributed by atoms with E-state index in [2.05, 4.69) is 210 Å². The topological polar surface area (TPSA) is 21.3 Å². The van der Waals surface area contributed by atoms with Crippen molar-refractivity contribution in [3.05, 3.63) is 136 Å². The van der Waals surface area contributed by atoms with E-state index < -0.39 is 0 Å². The quantitative estimate of drug-likeness (QED) is 0.153. The highest BCUT2D eigenvalue weighted by Gasteiger charge is 2.52. The summed E-state index contributed by atoms with van der Waals surface area (Å²) in [5.74, 6) is 0. The summed E-state index contributed by atoms with van der Waals surface area (Å²) in [6.07, 6.45) is 2.34. The van der Waals surface area contributed by atoms with E-state index in [4.69, 9.17) is 4.42 Å². The fourth-order valence-corrected chi connectivity index (χ4v) is 12.7. The maximum absolute atomic E-state index is 7.53. The summed E-state index contributed by atoms with van der Waals surface area (Å²) < 4.78 is 10.2. The molecule has 2 aliphatic carbocycles.